The number of aryl methyl sites for hydroxylation is 1. The Hall–Kier alpha value is -0.630. The second-order valence-electron chi connectivity index (χ2n) is 4.78. The molecule has 0 amide bonds. The predicted octanol–water partition coefficient (Wildman–Crippen LogP) is 3.43. The monoisotopic (exact) mass is 437 g/mol. The van der Waals surface area contributed by atoms with Gasteiger partial charge in [-0.2, -0.15) is 11.8 Å². The number of hydrogen-bond acceptors (Lipinski definition) is 3. The van der Waals surface area contributed by atoms with Gasteiger partial charge in [0, 0.05) is 18.7 Å². The van der Waals surface area contributed by atoms with E-state index in [0.717, 1.165) is 42.5 Å². The summed E-state index contributed by atoms with van der Waals surface area (Å²) in [7, 11) is 1.70. The Morgan fingerprint density at radius 2 is 2.09 bits per heavy atom. The molecular formula is C16H28IN3OS. The molecule has 4 nitrogen and oxygen atoms in total. The van der Waals surface area contributed by atoms with Gasteiger partial charge in [-0.05, 0) is 43.9 Å². The highest BCUT2D eigenvalue weighted by atomic mass is 127. The molecule has 0 bridgehead atoms. The zero-order valence-corrected chi connectivity index (χ0v) is 17.1. The molecule has 1 aromatic carbocycles. The van der Waals surface area contributed by atoms with Gasteiger partial charge < -0.3 is 15.4 Å². The number of aliphatic imine (C=N–C) groups is 1. The summed E-state index contributed by atoms with van der Waals surface area (Å²) >= 11 is 1.87. The fraction of sp³-hybridized carbons (Fsp3) is 0.562. The van der Waals surface area contributed by atoms with Crippen molar-refractivity contribution in [2.75, 3.05) is 32.2 Å². The first kappa shape index (κ1) is 21.4. The molecule has 1 aromatic rings. The normalized spacial score (nSPS) is 10.8. The van der Waals surface area contributed by atoms with Crippen LogP contribution < -0.4 is 15.4 Å². The maximum Gasteiger partial charge on any atom is 0.191 e. The van der Waals surface area contributed by atoms with Crippen molar-refractivity contribution in [3.8, 4) is 5.75 Å². The molecule has 0 fully saturated rings. The fourth-order valence-electron chi connectivity index (χ4n) is 1.91. The third-order valence-corrected chi connectivity index (χ3v) is 3.71. The third kappa shape index (κ3) is 8.12. The Morgan fingerprint density at radius 1 is 1.32 bits per heavy atom. The molecule has 6 heteroatoms. The van der Waals surface area contributed by atoms with Gasteiger partial charge in [0.1, 0.15) is 5.75 Å². The number of hydrogen-bond donors (Lipinski definition) is 2. The van der Waals surface area contributed by atoms with Crippen molar-refractivity contribution in [2.45, 2.75) is 26.8 Å². The van der Waals surface area contributed by atoms with Gasteiger partial charge >= 0.3 is 0 Å². The van der Waals surface area contributed by atoms with Crippen molar-refractivity contribution in [1.29, 1.82) is 0 Å². The molecule has 2 N–H and O–H groups in total. The van der Waals surface area contributed by atoms with Crippen LogP contribution in [0.5, 0.6) is 5.75 Å². The standard InChI is InChI=1S/C16H27N3OS.HI/c1-5-17-16(18-9-6-10-21-4)19-12-14-8-7-13(2)11-15(14)20-3;/h7-8,11H,5-6,9-10,12H2,1-4H3,(H2,17,18,19);1H. The maximum atomic E-state index is 5.42. The van der Waals surface area contributed by atoms with Crippen LogP contribution in [0.1, 0.15) is 24.5 Å². The number of ether oxygens (including phenoxy) is 1. The Morgan fingerprint density at radius 3 is 2.73 bits per heavy atom. The molecule has 0 aliphatic carbocycles. The second-order valence-corrected chi connectivity index (χ2v) is 5.77. The Balaban J connectivity index is 0.00000441. The van der Waals surface area contributed by atoms with Crippen molar-refractivity contribution in [3.63, 3.8) is 0 Å². The molecule has 0 aromatic heterocycles. The van der Waals surface area contributed by atoms with Crippen molar-refractivity contribution < 1.29 is 4.74 Å². The van der Waals surface area contributed by atoms with Gasteiger partial charge in [-0.1, -0.05) is 12.1 Å². The number of guanidine groups is 1. The highest BCUT2D eigenvalue weighted by Gasteiger charge is 2.03. The summed E-state index contributed by atoms with van der Waals surface area (Å²) in [5, 5.41) is 6.63. The summed E-state index contributed by atoms with van der Waals surface area (Å²) in [5.74, 6) is 2.93. The number of nitrogens with one attached hydrogen (secondary N) is 2. The Labute approximate surface area is 155 Å². The fourth-order valence-corrected chi connectivity index (χ4v) is 2.34. The molecular weight excluding hydrogens is 409 g/mol. The molecule has 0 aliphatic heterocycles. The maximum absolute atomic E-state index is 5.42. The predicted molar refractivity (Wildman–Crippen MR) is 109 cm³/mol. The summed E-state index contributed by atoms with van der Waals surface area (Å²) in [6.07, 6.45) is 3.27. The number of halogens is 1. The number of benzene rings is 1. The van der Waals surface area contributed by atoms with Crippen LogP contribution in [0.3, 0.4) is 0 Å². The van der Waals surface area contributed by atoms with E-state index < -0.39 is 0 Å². The summed E-state index contributed by atoms with van der Waals surface area (Å²) in [4.78, 5) is 4.63. The summed E-state index contributed by atoms with van der Waals surface area (Å²) in [6.45, 7) is 6.55. The van der Waals surface area contributed by atoms with Crippen LogP contribution in [-0.2, 0) is 6.54 Å². The Kier molecular flexibility index (Phi) is 12.5. The van der Waals surface area contributed by atoms with Gasteiger partial charge in [0.05, 0.1) is 13.7 Å². The number of methoxy groups -OCH3 is 1. The van der Waals surface area contributed by atoms with E-state index in [1.54, 1.807) is 7.11 Å². The minimum Gasteiger partial charge on any atom is -0.496 e. The van der Waals surface area contributed by atoms with Crippen LogP contribution in [0, 0.1) is 6.92 Å². The van der Waals surface area contributed by atoms with Crippen molar-refractivity contribution in [3.05, 3.63) is 29.3 Å². The first-order chi connectivity index (χ1) is 10.2. The van der Waals surface area contributed by atoms with Crippen LogP contribution >= 0.6 is 35.7 Å². The van der Waals surface area contributed by atoms with E-state index >= 15 is 0 Å². The van der Waals surface area contributed by atoms with Crippen molar-refractivity contribution in [2.24, 2.45) is 4.99 Å². The molecule has 1 rings (SSSR count). The molecule has 0 radical (unpaired) electrons. The van der Waals surface area contributed by atoms with Crippen LogP contribution in [0.2, 0.25) is 0 Å². The number of thioether (sulfide) groups is 1. The lowest BCUT2D eigenvalue weighted by Crippen LogP contribution is -2.37. The van der Waals surface area contributed by atoms with Crippen LogP contribution in [0.4, 0.5) is 0 Å². The summed E-state index contributed by atoms with van der Waals surface area (Å²) < 4.78 is 5.42. The molecule has 0 saturated carbocycles. The van der Waals surface area contributed by atoms with Gasteiger partial charge in [-0.3, -0.25) is 0 Å². The average Bonchev–Trinajstić information content (AvgIpc) is 2.49. The first-order valence-electron chi connectivity index (χ1n) is 7.35. The lowest BCUT2D eigenvalue weighted by molar-refractivity contribution is 0.409. The quantitative estimate of drug-likeness (QED) is 0.283. The highest BCUT2D eigenvalue weighted by Crippen LogP contribution is 2.20. The van der Waals surface area contributed by atoms with E-state index in [1.165, 1.54) is 5.56 Å². The third-order valence-electron chi connectivity index (χ3n) is 3.01. The average molecular weight is 437 g/mol. The first-order valence-corrected chi connectivity index (χ1v) is 8.75. The summed E-state index contributed by atoms with van der Waals surface area (Å²) in [6, 6.07) is 6.21. The van der Waals surface area contributed by atoms with E-state index in [9.17, 15) is 0 Å². The Bertz CT molecular complexity index is 455. The lowest BCUT2D eigenvalue weighted by atomic mass is 10.1. The van der Waals surface area contributed by atoms with Gasteiger partial charge in [0.2, 0.25) is 0 Å². The van der Waals surface area contributed by atoms with Crippen molar-refractivity contribution in [1.82, 2.24) is 10.6 Å². The smallest absolute Gasteiger partial charge is 0.191 e. The molecule has 0 spiro atoms. The molecule has 0 saturated heterocycles. The lowest BCUT2D eigenvalue weighted by Gasteiger charge is -2.12. The highest BCUT2D eigenvalue weighted by molar-refractivity contribution is 14.0. The molecule has 0 atom stereocenters. The summed E-state index contributed by atoms with van der Waals surface area (Å²) in [5.41, 5.74) is 2.30. The molecule has 0 unspecified atom stereocenters. The molecule has 22 heavy (non-hydrogen) atoms. The SMILES string of the molecule is CCNC(=NCc1ccc(C)cc1OC)NCCCSC.I. The minimum atomic E-state index is 0. The minimum absolute atomic E-state index is 0. The van der Waals surface area contributed by atoms with E-state index in [-0.39, 0.29) is 24.0 Å². The van der Waals surface area contributed by atoms with Crippen LogP contribution in [-0.4, -0.2) is 38.2 Å². The molecule has 0 aliphatic rings. The molecule has 0 heterocycles. The topological polar surface area (TPSA) is 45.7 Å². The van der Waals surface area contributed by atoms with Gasteiger partial charge in [-0.15, -0.1) is 24.0 Å². The van der Waals surface area contributed by atoms with Gasteiger partial charge in [0.25, 0.3) is 0 Å². The van der Waals surface area contributed by atoms with E-state index in [0.29, 0.717) is 6.54 Å². The zero-order chi connectivity index (χ0) is 15.5. The van der Waals surface area contributed by atoms with Crippen LogP contribution in [0.25, 0.3) is 0 Å². The van der Waals surface area contributed by atoms with Gasteiger partial charge in [0.15, 0.2) is 5.96 Å². The van der Waals surface area contributed by atoms with E-state index in [4.69, 9.17) is 4.74 Å². The largest absolute Gasteiger partial charge is 0.496 e. The van der Waals surface area contributed by atoms with Gasteiger partial charge in [-0.25, -0.2) is 4.99 Å². The van der Waals surface area contributed by atoms with E-state index in [1.807, 2.05) is 17.8 Å². The zero-order valence-electron chi connectivity index (χ0n) is 13.9. The number of nitrogens with zero attached hydrogens (tertiary/aromatic N) is 1. The second kappa shape index (κ2) is 12.9. The van der Waals surface area contributed by atoms with Crippen LogP contribution in [0.15, 0.2) is 23.2 Å². The van der Waals surface area contributed by atoms with E-state index in [2.05, 4.69) is 47.9 Å². The van der Waals surface area contributed by atoms with Crippen molar-refractivity contribution >= 4 is 41.7 Å². The molecule has 126 valence electrons. The number of rotatable bonds is 8.